The Morgan fingerprint density at radius 3 is 2.86 bits per heavy atom. The van der Waals surface area contributed by atoms with E-state index in [0.717, 1.165) is 35.7 Å². The van der Waals surface area contributed by atoms with Gasteiger partial charge in [-0.3, -0.25) is 9.78 Å². The maximum absolute atomic E-state index is 13.1. The normalized spacial score (nSPS) is 13.0. The molecule has 1 aliphatic rings. The summed E-state index contributed by atoms with van der Waals surface area (Å²) in [5, 5.41) is 3.34. The van der Waals surface area contributed by atoms with Crippen LogP contribution in [0, 0.1) is 0 Å². The summed E-state index contributed by atoms with van der Waals surface area (Å²) in [6.45, 7) is 3.26. The predicted octanol–water partition coefficient (Wildman–Crippen LogP) is 4.82. The molecule has 1 N–H and O–H groups in total. The third-order valence-corrected chi connectivity index (χ3v) is 4.80. The van der Waals surface area contributed by atoms with Gasteiger partial charge in [0, 0.05) is 24.1 Å². The molecule has 5 nitrogen and oxygen atoms in total. The molecule has 0 fully saturated rings. The Morgan fingerprint density at radius 2 is 1.96 bits per heavy atom. The van der Waals surface area contributed by atoms with Crippen LogP contribution in [0.3, 0.4) is 0 Å². The van der Waals surface area contributed by atoms with E-state index in [2.05, 4.69) is 16.4 Å². The lowest BCUT2D eigenvalue weighted by Crippen LogP contribution is -2.35. The van der Waals surface area contributed by atoms with Crippen molar-refractivity contribution in [2.24, 2.45) is 0 Å². The first-order valence-electron chi connectivity index (χ1n) is 9.61. The molecule has 0 radical (unpaired) electrons. The zero-order valence-corrected chi connectivity index (χ0v) is 15.9. The zero-order chi connectivity index (χ0) is 19.3. The van der Waals surface area contributed by atoms with Crippen LogP contribution in [-0.2, 0) is 6.42 Å². The molecule has 0 spiro atoms. The Morgan fingerprint density at radius 1 is 1.14 bits per heavy atom. The van der Waals surface area contributed by atoms with E-state index in [0.29, 0.717) is 18.8 Å². The van der Waals surface area contributed by atoms with Gasteiger partial charge in [-0.25, -0.2) is 0 Å². The summed E-state index contributed by atoms with van der Waals surface area (Å²) < 4.78 is 5.67. The molecule has 0 bridgehead atoms. The second-order valence-electron chi connectivity index (χ2n) is 6.67. The number of hydrogen-bond donors (Lipinski definition) is 1. The highest BCUT2D eigenvalue weighted by Crippen LogP contribution is 2.30. The van der Waals surface area contributed by atoms with Gasteiger partial charge >= 0.3 is 0 Å². The molecule has 4 rings (SSSR count). The summed E-state index contributed by atoms with van der Waals surface area (Å²) in [7, 11) is 0. The van der Waals surface area contributed by atoms with Crippen molar-refractivity contribution < 1.29 is 9.53 Å². The second kappa shape index (κ2) is 8.13. The number of ether oxygens (including phenoxy) is 1. The van der Waals surface area contributed by atoms with Gasteiger partial charge in [-0.1, -0.05) is 30.3 Å². The first-order chi connectivity index (χ1) is 13.8. The molecule has 3 aromatic rings. The van der Waals surface area contributed by atoms with Crippen molar-refractivity contribution in [1.82, 2.24) is 4.98 Å². The number of benzene rings is 2. The topological polar surface area (TPSA) is 54.5 Å². The number of fused-ring (bicyclic) bond motifs is 1. The number of pyridine rings is 1. The molecule has 1 aromatic heterocycles. The number of para-hydroxylation sites is 3. The Kier molecular flexibility index (Phi) is 5.24. The van der Waals surface area contributed by atoms with Gasteiger partial charge in [-0.2, -0.15) is 0 Å². The quantitative estimate of drug-likeness (QED) is 0.697. The lowest BCUT2D eigenvalue weighted by Gasteiger charge is -2.29. The Bertz CT molecular complexity index is 987. The van der Waals surface area contributed by atoms with Crippen LogP contribution in [0.2, 0.25) is 0 Å². The number of nitrogens with one attached hydrogen (secondary N) is 1. The molecule has 0 saturated carbocycles. The molecule has 0 unspecified atom stereocenters. The van der Waals surface area contributed by atoms with E-state index in [1.54, 1.807) is 12.3 Å². The fourth-order valence-electron chi connectivity index (χ4n) is 3.51. The van der Waals surface area contributed by atoms with E-state index in [-0.39, 0.29) is 5.91 Å². The Hall–Kier alpha value is -3.34. The van der Waals surface area contributed by atoms with Crippen molar-refractivity contribution >= 4 is 23.0 Å². The zero-order valence-electron chi connectivity index (χ0n) is 15.9. The molecule has 0 aliphatic carbocycles. The number of rotatable bonds is 5. The highest BCUT2D eigenvalue weighted by atomic mass is 16.5. The summed E-state index contributed by atoms with van der Waals surface area (Å²) in [6.07, 6.45) is 3.63. The number of aryl methyl sites for hydroxylation is 1. The van der Waals surface area contributed by atoms with Crippen LogP contribution in [0.25, 0.3) is 0 Å². The van der Waals surface area contributed by atoms with Crippen LogP contribution in [0.15, 0.2) is 66.9 Å². The molecule has 1 amide bonds. The van der Waals surface area contributed by atoms with Crippen molar-refractivity contribution in [3.8, 4) is 5.75 Å². The van der Waals surface area contributed by atoms with Gasteiger partial charge < -0.3 is 15.0 Å². The van der Waals surface area contributed by atoms with Crippen molar-refractivity contribution in [3.63, 3.8) is 0 Å². The average molecular weight is 373 g/mol. The van der Waals surface area contributed by atoms with E-state index in [1.807, 2.05) is 60.4 Å². The Balaban J connectivity index is 1.59. The molecule has 5 heteroatoms. The second-order valence-corrected chi connectivity index (χ2v) is 6.67. The number of carbonyl (C=O) groups excluding carboxylic acids is 1. The van der Waals surface area contributed by atoms with Crippen molar-refractivity contribution in [2.75, 3.05) is 23.4 Å². The monoisotopic (exact) mass is 373 g/mol. The fourth-order valence-corrected chi connectivity index (χ4v) is 3.51. The maximum atomic E-state index is 13.1. The first-order valence-corrected chi connectivity index (χ1v) is 9.61. The third-order valence-electron chi connectivity index (χ3n) is 4.80. The van der Waals surface area contributed by atoms with Gasteiger partial charge in [0.15, 0.2) is 0 Å². The Labute approximate surface area is 165 Å². The molecule has 2 heterocycles. The number of aromatic nitrogens is 1. The maximum Gasteiger partial charge on any atom is 0.276 e. The summed E-state index contributed by atoms with van der Waals surface area (Å²) >= 11 is 0. The van der Waals surface area contributed by atoms with E-state index in [4.69, 9.17) is 4.74 Å². The van der Waals surface area contributed by atoms with Gasteiger partial charge in [0.05, 0.1) is 12.3 Å². The van der Waals surface area contributed by atoms with Crippen LogP contribution < -0.4 is 15.0 Å². The molecular formula is C23H23N3O2. The largest absolute Gasteiger partial charge is 0.492 e. The van der Waals surface area contributed by atoms with E-state index < -0.39 is 0 Å². The summed E-state index contributed by atoms with van der Waals surface area (Å²) in [6, 6.07) is 19.5. The first kappa shape index (κ1) is 18.0. The minimum Gasteiger partial charge on any atom is -0.492 e. The third kappa shape index (κ3) is 3.69. The SMILES string of the molecule is CCOc1ccccc1Nc1ccnc(C(=O)N2CCCc3ccccc32)c1. The van der Waals surface area contributed by atoms with Crippen LogP contribution >= 0.6 is 0 Å². The van der Waals surface area contributed by atoms with Gasteiger partial charge in [0.1, 0.15) is 11.4 Å². The molecule has 0 atom stereocenters. The van der Waals surface area contributed by atoms with Crippen LogP contribution in [-0.4, -0.2) is 24.0 Å². The van der Waals surface area contributed by atoms with Gasteiger partial charge in [0.2, 0.25) is 0 Å². The van der Waals surface area contributed by atoms with E-state index in [9.17, 15) is 4.79 Å². The van der Waals surface area contributed by atoms with Crippen LogP contribution in [0.1, 0.15) is 29.4 Å². The summed E-state index contributed by atoms with van der Waals surface area (Å²) in [5.41, 5.74) is 4.28. The van der Waals surface area contributed by atoms with Gasteiger partial charge in [-0.15, -0.1) is 0 Å². The lowest BCUT2D eigenvalue weighted by molar-refractivity contribution is 0.0980. The van der Waals surface area contributed by atoms with E-state index >= 15 is 0 Å². The number of nitrogens with zero attached hydrogens (tertiary/aromatic N) is 2. The summed E-state index contributed by atoms with van der Waals surface area (Å²) in [5.74, 6) is 0.702. The number of carbonyl (C=O) groups is 1. The number of hydrogen-bond acceptors (Lipinski definition) is 4. The van der Waals surface area contributed by atoms with Crippen molar-refractivity contribution in [2.45, 2.75) is 19.8 Å². The number of amides is 1. The minimum absolute atomic E-state index is 0.0751. The van der Waals surface area contributed by atoms with Crippen molar-refractivity contribution in [3.05, 3.63) is 78.1 Å². The molecule has 2 aromatic carbocycles. The van der Waals surface area contributed by atoms with Crippen LogP contribution in [0.5, 0.6) is 5.75 Å². The van der Waals surface area contributed by atoms with Gasteiger partial charge in [0.25, 0.3) is 5.91 Å². The van der Waals surface area contributed by atoms with Crippen molar-refractivity contribution in [1.29, 1.82) is 0 Å². The van der Waals surface area contributed by atoms with E-state index in [1.165, 1.54) is 5.56 Å². The standard InChI is InChI=1S/C23H23N3O2/c1-2-28-22-12-6-4-10-19(22)25-18-13-14-24-20(16-18)23(27)26-15-7-9-17-8-3-5-11-21(17)26/h3-6,8,10-14,16H,2,7,9,15H2,1H3,(H,24,25). The number of anilines is 3. The fraction of sp³-hybridized carbons (Fsp3) is 0.217. The molecule has 142 valence electrons. The molecule has 0 saturated heterocycles. The highest BCUT2D eigenvalue weighted by Gasteiger charge is 2.24. The average Bonchev–Trinajstić information content (AvgIpc) is 2.75. The summed E-state index contributed by atoms with van der Waals surface area (Å²) in [4.78, 5) is 19.3. The molecule has 28 heavy (non-hydrogen) atoms. The minimum atomic E-state index is -0.0751. The lowest BCUT2D eigenvalue weighted by atomic mass is 10.0. The smallest absolute Gasteiger partial charge is 0.276 e. The predicted molar refractivity (Wildman–Crippen MR) is 112 cm³/mol. The molecular weight excluding hydrogens is 350 g/mol. The van der Waals surface area contributed by atoms with Crippen LogP contribution in [0.4, 0.5) is 17.1 Å². The van der Waals surface area contributed by atoms with Gasteiger partial charge in [-0.05, 0) is 55.7 Å². The molecule has 1 aliphatic heterocycles. The highest BCUT2D eigenvalue weighted by molar-refractivity contribution is 6.06.